The number of nitrogens with one attached hydrogen (secondary N) is 4. The van der Waals surface area contributed by atoms with Crippen molar-refractivity contribution in [3.8, 4) is 0 Å². The maximum atomic E-state index is 13.4. The van der Waals surface area contributed by atoms with Crippen molar-refractivity contribution in [2.75, 3.05) is 16.0 Å². The molecule has 1 heterocycles. The minimum atomic E-state index is -1.03. The molecule has 13 heteroatoms. The van der Waals surface area contributed by atoms with Crippen molar-refractivity contribution in [1.82, 2.24) is 5.32 Å². The monoisotopic (exact) mass is 636 g/mol. The fraction of sp³-hybridized carbons (Fsp3) is 0.515. The second-order valence-corrected chi connectivity index (χ2v) is 14.7. The number of rotatable bonds is 7. The molecule has 1 aliphatic heterocycles. The molecule has 0 spiro atoms. The molecule has 2 fully saturated rings. The molecule has 2 aromatic rings. The van der Waals surface area contributed by atoms with Gasteiger partial charge in [0, 0.05) is 11.3 Å². The zero-order valence-electron chi connectivity index (χ0n) is 28.3. The second-order valence-electron chi connectivity index (χ2n) is 14.7. The molecule has 12 nitrogen and oxygen atoms in total. The summed E-state index contributed by atoms with van der Waals surface area (Å²) in [4.78, 5) is 51.2. The van der Waals surface area contributed by atoms with Gasteiger partial charge >= 0.3 is 19.3 Å². The predicted molar refractivity (Wildman–Crippen MR) is 176 cm³/mol. The van der Waals surface area contributed by atoms with Crippen LogP contribution in [0.25, 0.3) is 0 Å². The van der Waals surface area contributed by atoms with E-state index in [1.54, 1.807) is 84.0 Å². The first-order chi connectivity index (χ1) is 21.1. The number of hydrogen-bond donors (Lipinski definition) is 4. The maximum Gasteiger partial charge on any atom is 0.494 e. The zero-order valence-corrected chi connectivity index (χ0v) is 28.3. The van der Waals surface area contributed by atoms with Gasteiger partial charge in [-0.2, -0.15) is 0 Å². The fourth-order valence-corrected chi connectivity index (χ4v) is 4.50. The van der Waals surface area contributed by atoms with E-state index in [0.29, 0.717) is 40.9 Å². The Balaban J connectivity index is 1.48. The summed E-state index contributed by atoms with van der Waals surface area (Å²) in [6.07, 6.45) is -0.358. The second kappa shape index (κ2) is 12.3. The largest absolute Gasteiger partial charge is 0.494 e. The van der Waals surface area contributed by atoms with Crippen molar-refractivity contribution in [3.63, 3.8) is 0 Å². The lowest BCUT2D eigenvalue weighted by atomic mass is 9.78. The third kappa shape index (κ3) is 8.58. The summed E-state index contributed by atoms with van der Waals surface area (Å²) in [5.74, 6) is -0.825. The molecule has 0 bridgehead atoms. The smallest absolute Gasteiger partial charge is 0.444 e. The Kier molecular flexibility index (Phi) is 9.26. The average molecular weight is 637 g/mol. The molecule has 1 saturated heterocycles. The number of carbonyl (C=O) groups excluding carboxylic acids is 4. The molecular formula is C33H45BN4O8. The van der Waals surface area contributed by atoms with Gasteiger partial charge in [-0.05, 0) is 124 Å². The predicted octanol–water partition coefficient (Wildman–Crippen LogP) is 5.58. The minimum Gasteiger partial charge on any atom is -0.444 e. The Morgan fingerprint density at radius 2 is 1.26 bits per heavy atom. The minimum absolute atomic E-state index is 0.301. The summed E-state index contributed by atoms with van der Waals surface area (Å²) in [5.41, 5.74) is -1.56. The van der Waals surface area contributed by atoms with Crippen molar-refractivity contribution in [3.05, 3.63) is 48.0 Å². The molecule has 4 amide bonds. The van der Waals surface area contributed by atoms with Crippen molar-refractivity contribution < 1.29 is 38.0 Å². The van der Waals surface area contributed by atoms with Crippen LogP contribution in [-0.4, -0.2) is 59.1 Å². The number of amides is 4. The Morgan fingerprint density at radius 1 is 0.717 bits per heavy atom. The Morgan fingerprint density at radius 3 is 1.78 bits per heavy atom. The van der Waals surface area contributed by atoms with Crippen LogP contribution in [-0.2, 0) is 23.6 Å². The summed E-state index contributed by atoms with van der Waals surface area (Å²) in [7, 11) is -0.696. The third-order valence-electron chi connectivity index (χ3n) is 7.78. The highest BCUT2D eigenvalue weighted by atomic mass is 16.7. The van der Waals surface area contributed by atoms with E-state index in [4.69, 9.17) is 18.8 Å². The van der Waals surface area contributed by atoms with E-state index in [1.807, 2.05) is 27.7 Å². The van der Waals surface area contributed by atoms with Gasteiger partial charge in [0.15, 0.2) is 0 Å². The van der Waals surface area contributed by atoms with Gasteiger partial charge in [0.05, 0.1) is 22.6 Å². The highest BCUT2D eigenvalue weighted by molar-refractivity contribution is 6.62. The van der Waals surface area contributed by atoms with Crippen LogP contribution in [0.15, 0.2) is 42.5 Å². The summed E-state index contributed by atoms with van der Waals surface area (Å²) in [6, 6.07) is 11.4. The third-order valence-corrected chi connectivity index (χ3v) is 7.78. The van der Waals surface area contributed by atoms with Crippen molar-refractivity contribution in [2.45, 2.75) is 110 Å². The lowest BCUT2D eigenvalue weighted by Crippen LogP contribution is -2.47. The summed E-state index contributed by atoms with van der Waals surface area (Å²) in [6.45, 7) is 18.3. The highest BCUT2D eigenvalue weighted by Crippen LogP contribution is 2.38. The summed E-state index contributed by atoms with van der Waals surface area (Å²) >= 11 is 0. The van der Waals surface area contributed by atoms with E-state index in [-0.39, 0.29) is 5.91 Å². The lowest BCUT2D eigenvalue weighted by molar-refractivity contribution is -0.119. The molecule has 0 radical (unpaired) electrons. The van der Waals surface area contributed by atoms with Crippen LogP contribution in [0.3, 0.4) is 0 Å². The molecule has 0 aromatic heterocycles. The molecule has 46 heavy (non-hydrogen) atoms. The van der Waals surface area contributed by atoms with E-state index in [9.17, 15) is 19.2 Å². The van der Waals surface area contributed by atoms with Crippen molar-refractivity contribution >= 4 is 53.6 Å². The van der Waals surface area contributed by atoms with E-state index in [0.717, 1.165) is 0 Å². The van der Waals surface area contributed by atoms with E-state index in [1.165, 1.54) is 0 Å². The van der Waals surface area contributed by atoms with Crippen LogP contribution in [0.5, 0.6) is 0 Å². The number of benzene rings is 2. The topological polar surface area (TPSA) is 153 Å². The number of anilines is 3. The molecule has 2 aromatic carbocycles. The van der Waals surface area contributed by atoms with Gasteiger partial charge in [0.1, 0.15) is 16.7 Å². The van der Waals surface area contributed by atoms with Crippen molar-refractivity contribution in [1.29, 1.82) is 0 Å². The van der Waals surface area contributed by atoms with Crippen LogP contribution in [0.4, 0.5) is 26.7 Å². The van der Waals surface area contributed by atoms with E-state index in [2.05, 4.69) is 21.3 Å². The summed E-state index contributed by atoms with van der Waals surface area (Å²) in [5, 5.41) is 11.0. The average Bonchev–Trinajstić information content (AvgIpc) is 3.63. The first-order valence-electron chi connectivity index (χ1n) is 15.3. The fourth-order valence-electron chi connectivity index (χ4n) is 4.50. The quantitative estimate of drug-likeness (QED) is 0.288. The number of hydrogen-bond acceptors (Lipinski definition) is 8. The van der Waals surface area contributed by atoms with Gasteiger partial charge in [-0.15, -0.1) is 0 Å². The Labute approximate surface area is 270 Å². The number of ether oxygens (including phenoxy) is 2. The molecule has 1 saturated carbocycles. The van der Waals surface area contributed by atoms with E-state index >= 15 is 0 Å². The molecule has 0 unspecified atom stereocenters. The van der Waals surface area contributed by atoms with Crippen LogP contribution in [0.2, 0.25) is 0 Å². The maximum absolute atomic E-state index is 13.4. The van der Waals surface area contributed by atoms with E-state index < -0.39 is 53.2 Å². The standard InChI is InChI=1S/C33H45BN4O8/c1-29(2,3)43-27(41)37-23-16-13-21(34-45-31(7,8)32(9,10)46-34)19-24(23)36-25(39)20-11-14-22(15-12-20)35-26(40)33(17-18-33)38-28(42)44-30(4,5)6/h11-16,19H,17-18H2,1-10H3,(H,35,40)(H,36,39)(H,37,41)(H,38,42). The van der Waals surface area contributed by atoms with Gasteiger partial charge in [0.2, 0.25) is 5.91 Å². The zero-order chi connectivity index (χ0) is 34.3. The SMILES string of the molecule is CC(C)(C)OC(=O)Nc1ccc(B2OC(C)(C)C(C)(C)O2)cc1NC(=O)c1ccc(NC(=O)C2(NC(=O)OC(C)(C)C)CC2)cc1. The van der Waals surface area contributed by atoms with Gasteiger partial charge in [-0.1, -0.05) is 6.07 Å². The molecule has 0 atom stereocenters. The van der Waals surface area contributed by atoms with Crippen LogP contribution in [0.1, 0.15) is 92.4 Å². The van der Waals surface area contributed by atoms with Gasteiger partial charge < -0.3 is 34.7 Å². The first-order valence-corrected chi connectivity index (χ1v) is 15.3. The number of carbonyl (C=O) groups is 4. The van der Waals surface area contributed by atoms with Crippen LogP contribution < -0.4 is 26.7 Å². The normalized spacial score (nSPS) is 17.8. The lowest BCUT2D eigenvalue weighted by Gasteiger charge is -2.32. The molecule has 4 rings (SSSR count). The van der Waals surface area contributed by atoms with Crippen LogP contribution in [0, 0.1) is 0 Å². The highest BCUT2D eigenvalue weighted by Gasteiger charge is 2.53. The molecular weight excluding hydrogens is 591 g/mol. The summed E-state index contributed by atoms with van der Waals surface area (Å²) < 4.78 is 23.1. The Bertz CT molecular complexity index is 1490. The molecule has 248 valence electrons. The van der Waals surface area contributed by atoms with Crippen molar-refractivity contribution in [2.24, 2.45) is 0 Å². The molecule has 2 aliphatic rings. The van der Waals surface area contributed by atoms with Crippen LogP contribution >= 0.6 is 0 Å². The molecule has 4 N–H and O–H groups in total. The first kappa shape index (κ1) is 34.8. The van der Waals surface area contributed by atoms with Gasteiger partial charge in [0.25, 0.3) is 5.91 Å². The van der Waals surface area contributed by atoms with Gasteiger partial charge in [-0.3, -0.25) is 14.9 Å². The Hall–Kier alpha value is -4.10. The number of alkyl carbamates (subject to hydrolysis) is 1. The molecule has 1 aliphatic carbocycles. The van der Waals surface area contributed by atoms with Gasteiger partial charge in [-0.25, -0.2) is 9.59 Å².